The predicted octanol–water partition coefficient (Wildman–Crippen LogP) is 2.75. The lowest BCUT2D eigenvalue weighted by Crippen LogP contribution is -2.34. The minimum absolute atomic E-state index is 0.172. The summed E-state index contributed by atoms with van der Waals surface area (Å²) in [5, 5.41) is 6.88. The van der Waals surface area contributed by atoms with Crippen molar-refractivity contribution in [3.05, 3.63) is 52.6 Å². The second kappa shape index (κ2) is 8.96. The molecule has 128 valence electrons. The van der Waals surface area contributed by atoms with Crippen LogP contribution in [0.5, 0.6) is 0 Å². The molecule has 0 fully saturated rings. The molecule has 0 aliphatic rings. The van der Waals surface area contributed by atoms with Crippen LogP contribution in [0.2, 0.25) is 0 Å². The topological polar surface area (TPSA) is 64.0 Å². The molecule has 0 unspecified atom stereocenters. The van der Waals surface area contributed by atoms with Crippen LogP contribution < -0.4 is 10.9 Å². The summed E-state index contributed by atoms with van der Waals surface area (Å²) in [4.78, 5) is 23.8. The van der Waals surface area contributed by atoms with E-state index in [0.29, 0.717) is 17.8 Å². The summed E-state index contributed by atoms with van der Waals surface area (Å²) < 4.78 is 14.9. The normalized spacial score (nSPS) is 10.6. The van der Waals surface area contributed by atoms with Gasteiger partial charge in [0.05, 0.1) is 5.69 Å². The number of amides is 1. The molecule has 1 N–H and O–H groups in total. The van der Waals surface area contributed by atoms with Crippen LogP contribution >= 0.6 is 0 Å². The third-order valence-electron chi connectivity index (χ3n) is 3.66. The number of carbonyl (C=O) groups is 1. The van der Waals surface area contributed by atoms with E-state index in [1.807, 2.05) is 0 Å². The molecule has 2 aromatic rings. The van der Waals surface area contributed by atoms with Crippen molar-refractivity contribution in [2.24, 2.45) is 0 Å². The zero-order valence-corrected chi connectivity index (χ0v) is 13.8. The number of unbranched alkanes of at least 4 members (excludes halogenated alkanes) is 3. The number of hydrogen-bond donors (Lipinski definition) is 1. The number of halogens is 1. The number of nitrogens with zero attached hydrogens (tertiary/aromatic N) is 2. The highest BCUT2D eigenvalue weighted by molar-refractivity contribution is 5.75. The molecular weight excluding hydrogens is 309 g/mol. The zero-order valence-electron chi connectivity index (χ0n) is 13.8. The zero-order chi connectivity index (χ0) is 17.4. The smallest absolute Gasteiger partial charge is 0.267 e. The molecule has 0 spiro atoms. The number of nitrogens with one attached hydrogen (secondary N) is 1. The van der Waals surface area contributed by atoms with Gasteiger partial charge in [0.25, 0.3) is 5.56 Å². The van der Waals surface area contributed by atoms with Crippen LogP contribution in [-0.2, 0) is 11.3 Å². The standard InChI is InChI=1S/C18H22FN3O2/c1-2-3-4-7-12-20-17(23)13-22-18(24)11-10-16(21-22)14-8-5-6-9-15(14)19/h5-6,8-11H,2-4,7,12-13H2,1H3,(H,20,23). The van der Waals surface area contributed by atoms with Gasteiger partial charge in [-0.15, -0.1) is 0 Å². The first-order valence-electron chi connectivity index (χ1n) is 8.21. The summed E-state index contributed by atoms with van der Waals surface area (Å²) in [6.07, 6.45) is 4.26. The Labute approximate surface area is 140 Å². The fraction of sp³-hybridized carbons (Fsp3) is 0.389. The fourth-order valence-corrected chi connectivity index (χ4v) is 2.35. The Morgan fingerprint density at radius 1 is 1.17 bits per heavy atom. The Morgan fingerprint density at radius 3 is 2.71 bits per heavy atom. The SMILES string of the molecule is CCCCCCNC(=O)Cn1nc(-c2ccccc2F)ccc1=O. The van der Waals surface area contributed by atoms with Gasteiger partial charge in [0.1, 0.15) is 12.4 Å². The number of rotatable bonds is 8. The molecule has 0 bridgehead atoms. The Kier molecular flexibility index (Phi) is 6.66. The molecule has 0 atom stereocenters. The van der Waals surface area contributed by atoms with E-state index in [1.54, 1.807) is 18.2 Å². The highest BCUT2D eigenvalue weighted by atomic mass is 19.1. The van der Waals surface area contributed by atoms with E-state index in [0.717, 1.165) is 30.4 Å². The van der Waals surface area contributed by atoms with E-state index >= 15 is 0 Å². The van der Waals surface area contributed by atoms with E-state index in [1.165, 1.54) is 18.2 Å². The molecule has 0 saturated carbocycles. The van der Waals surface area contributed by atoms with Gasteiger partial charge in [0.2, 0.25) is 5.91 Å². The molecule has 1 aromatic heterocycles. The van der Waals surface area contributed by atoms with Crippen molar-refractivity contribution in [1.29, 1.82) is 0 Å². The first-order chi connectivity index (χ1) is 11.6. The Balaban J connectivity index is 2.03. The quantitative estimate of drug-likeness (QED) is 0.757. The summed E-state index contributed by atoms with van der Waals surface area (Å²) in [7, 11) is 0. The summed E-state index contributed by atoms with van der Waals surface area (Å²) in [5.41, 5.74) is 0.228. The lowest BCUT2D eigenvalue weighted by molar-refractivity contribution is -0.121. The van der Waals surface area contributed by atoms with Crippen LogP contribution in [0.1, 0.15) is 32.6 Å². The molecule has 5 nitrogen and oxygen atoms in total. The summed E-state index contributed by atoms with van der Waals surface area (Å²) in [6.45, 7) is 2.54. The van der Waals surface area contributed by atoms with Gasteiger partial charge in [-0.25, -0.2) is 9.07 Å². The molecule has 24 heavy (non-hydrogen) atoms. The van der Waals surface area contributed by atoms with E-state index in [2.05, 4.69) is 17.3 Å². The highest BCUT2D eigenvalue weighted by Crippen LogP contribution is 2.18. The Hall–Kier alpha value is -2.50. The van der Waals surface area contributed by atoms with Crippen LogP contribution in [0.4, 0.5) is 4.39 Å². The lowest BCUT2D eigenvalue weighted by atomic mass is 10.1. The van der Waals surface area contributed by atoms with Crippen LogP contribution in [0.25, 0.3) is 11.3 Å². The van der Waals surface area contributed by atoms with Gasteiger partial charge >= 0.3 is 0 Å². The summed E-state index contributed by atoms with van der Waals surface area (Å²) in [6, 6.07) is 8.94. The van der Waals surface area contributed by atoms with Crippen molar-refractivity contribution in [2.45, 2.75) is 39.2 Å². The number of carbonyl (C=O) groups excluding carboxylic acids is 1. The second-order valence-electron chi connectivity index (χ2n) is 5.60. The van der Waals surface area contributed by atoms with Crippen LogP contribution in [0.15, 0.2) is 41.2 Å². The van der Waals surface area contributed by atoms with Crippen molar-refractivity contribution < 1.29 is 9.18 Å². The average Bonchev–Trinajstić information content (AvgIpc) is 2.57. The van der Waals surface area contributed by atoms with Gasteiger partial charge in [-0.1, -0.05) is 38.3 Å². The molecule has 1 aromatic carbocycles. The van der Waals surface area contributed by atoms with Gasteiger partial charge in [0.15, 0.2) is 0 Å². The maximum Gasteiger partial charge on any atom is 0.267 e. The summed E-state index contributed by atoms with van der Waals surface area (Å²) >= 11 is 0. The van der Waals surface area contributed by atoms with E-state index < -0.39 is 11.4 Å². The molecule has 0 radical (unpaired) electrons. The first-order valence-corrected chi connectivity index (χ1v) is 8.21. The third kappa shape index (κ3) is 5.01. The minimum atomic E-state index is -0.421. The van der Waals surface area contributed by atoms with Crippen molar-refractivity contribution in [1.82, 2.24) is 15.1 Å². The van der Waals surface area contributed by atoms with E-state index in [-0.39, 0.29) is 12.5 Å². The number of aromatic nitrogens is 2. The van der Waals surface area contributed by atoms with Gasteiger partial charge < -0.3 is 5.32 Å². The fourth-order valence-electron chi connectivity index (χ4n) is 2.35. The Morgan fingerprint density at radius 2 is 1.96 bits per heavy atom. The second-order valence-corrected chi connectivity index (χ2v) is 5.60. The largest absolute Gasteiger partial charge is 0.354 e. The van der Waals surface area contributed by atoms with Crippen molar-refractivity contribution in [3.8, 4) is 11.3 Å². The number of hydrogen-bond acceptors (Lipinski definition) is 3. The van der Waals surface area contributed by atoms with Gasteiger partial charge in [-0.05, 0) is 24.6 Å². The van der Waals surface area contributed by atoms with Crippen LogP contribution in [0, 0.1) is 5.82 Å². The van der Waals surface area contributed by atoms with E-state index in [4.69, 9.17) is 0 Å². The minimum Gasteiger partial charge on any atom is -0.354 e. The van der Waals surface area contributed by atoms with Gasteiger partial charge in [-0.2, -0.15) is 5.10 Å². The van der Waals surface area contributed by atoms with Crippen molar-refractivity contribution >= 4 is 5.91 Å². The van der Waals surface area contributed by atoms with E-state index in [9.17, 15) is 14.0 Å². The monoisotopic (exact) mass is 331 g/mol. The van der Waals surface area contributed by atoms with Gasteiger partial charge in [0, 0.05) is 18.2 Å². The maximum absolute atomic E-state index is 13.8. The van der Waals surface area contributed by atoms with Crippen LogP contribution in [-0.4, -0.2) is 22.2 Å². The Bertz CT molecular complexity index is 743. The average molecular weight is 331 g/mol. The van der Waals surface area contributed by atoms with Crippen LogP contribution in [0.3, 0.4) is 0 Å². The molecule has 1 amide bonds. The van der Waals surface area contributed by atoms with Crippen molar-refractivity contribution in [2.75, 3.05) is 6.54 Å². The lowest BCUT2D eigenvalue weighted by Gasteiger charge is -2.08. The molecule has 2 rings (SSSR count). The third-order valence-corrected chi connectivity index (χ3v) is 3.66. The predicted molar refractivity (Wildman–Crippen MR) is 91.0 cm³/mol. The highest BCUT2D eigenvalue weighted by Gasteiger charge is 2.10. The molecular formula is C18H22FN3O2. The molecule has 6 heteroatoms. The first kappa shape index (κ1) is 17.8. The summed E-state index contributed by atoms with van der Waals surface area (Å²) in [5.74, 6) is -0.692. The number of benzene rings is 1. The maximum atomic E-state index is 13.8. The molecule has 1 heterocycles. The molecule has 0 aliphatic heterocycles. The molecule has 0 aliphatic carbocycles. The van der Waals surface area contributed by atoms with Gasteiger partial charge in [-0.3, -0.25) is 9.59 Å². The molecule has 0 saturated heterocycles. The van der Waals surface area contributed by atoms with Crippen molar-refractivity contribution in [3.63, 3.8) is 0 Å².